The smallest absolute Gasteiger partial charge is 0.178 e. The van der Waals surface area contributed by atoms with E-state index < -0.39 is 0 Å². The highest BCUT2D eigenvalue weighted by atomic mass is 32.2. The Labute approximate surface area is 111 Å². The molecule has 4 heteroatoms. The van der Waals surface area contributed by atoms with E-state index >= 15 is 0 Å². The molecule has 0 aromatic heterocycles. The van der Waals surface area contributed by atoms with Crippen molar-refractivity contribution in [1.82, 2.24) is 0 Å². The van der Waals surface area contributed by atoms with Crippen LogP contribution in [0.1, 0.15) is 30.1 Å². The van der Waals surface area contributed by atoms with Crippen molar-refractivity contribution in [2.75, 3.05) is 19.0 Å². The van der Waals surface area contributed by atoms with E-state index in [-0.39, 0.29) is 10.5 Å². The summed E-state index contributed by atoms with van der Waals surface area (Å²) >= 11 is 1.76. The third-order valence-electron chi connectivity index (χ3n) is 3.50. The zero-order valence-electron chi connectivity index (χ0n) is 10.4. The van der Waals surface area contributed by atoms with Crippen molar-refractivity contribution in [1.29, 1.82) is 0 Å². The molecule has 2 aliphatic heterocycles. The van der Waals surface area contributed by atoms with E-state index in [4.69, 9.17) is 9.47 Å². The average molecular weight is 264 g/mol. The summed E-state index contributed by atoms with van der Waals surface area (Å²) in [6, 6.07) is 5.51. The van der Waals surface area contributed by atoms with Gasteiger partial charge in [-0.15, -0.1) is 11.8 Å². The number of carbonyl (C=O) groups is 1. The van der Waals surface area contributed by atoms with E-state index in [9.17, 15) is 4.79 Å². The lowest BCUT2D eigenvalue weighted by Crippen LogP contribution is -2.28. The molecule has 1 fully saturated rings. The van der Waals surface area contributed by atoms with Crippen LogP contribution in [0.2, 0.25) is 0 Å². The fourth-order valence-corrected chi connectivity index (χ4v) is 3.72. The van der Waals surface area contributed by atoms with E-state index in [0.29, 0.717) is 19.0 Å². The van der Waals surface area contributed by atoms with Crippen LogP contribution in [-0.2, 0) is 0 Å². The Hall–Kier alpha value is -1.16. The molecule has 0 saturated carbocycles. The van der Waals surface area contributed by atoms with Gasteiger partial charge in [0, 0.05) is 5.56 Å². The lowest BCUT2D eigenvalue weighted by Gasteiger charge is -2.23. The maximum absolute atomic E-state index is 12.5. The molecule has 0 N–H and O–H groups in total. The summed E-state index contributed by atoms with van der Waals surface area (Å²) in [5, 5.41) is 0. The summed E-state index contributed by atoms with van der Waals surface area (Å²) in [5.41, 5.74) is 0.733. The molecule has 0 aliphatic carbocycles. The molecule has 18 heavy (non-hydrogen) atoms. The van der Waals surface area contributed by atoms with Crippen molar-refractivity contribution >= 4 is 17.5 Å². The molecule has 2 heterocycles. The molecule has 2 aliphatic rings. The molecule has 1 aromatic rings. The lowest BCUT2D eigenvalue weighted by atomic mass is 9.94. The Kier molecular flexibility index (Phi) is 2.98. The minimum Gasteiger partial charge on any atom is -0.486 e. The van der Waals surface area contributed by atoms with Crippen LogP contribution in [0, 0.1) is 0 Å². The number of Topliss-reactive ketones (excluding diaryl/α,β-unsaturated/α-hetero) is 1. The fourth-order valence-electron chi connectivity index (χ4n) is 2.45. The molecule has 1 saturated heterocycles. The van der Waals surface area contributed by atoms with Crippen molar-refractivity contribution in [2.45, 2.75) is 24.5 Å². The van der Waals surface area contributed by atoms with Gasteiger partial charge in [-0.25, -0.2) is 0 Å². The van der Waals surface area contributed by atoms with Crippen molar-refractivity contribution in [3.63, 3.8) is 0 Å². The number of ether oxygens (including phenoxy) is 2. The monoisotopic (exact) mass is 264 g/mol. The molecular weight excluding hydrogens is 248 g/mol. The molecule has 3 nitrogen and oxygen atoms in total. The van der Waals surface area contributed by atoms with Crippen molar-refractivity contribution in [3.05, 3.63) is 23.8 Å². The predicted molar refractivity (Wildman–Crippen MR) is 71.9 cm³/mol. The topological polar surface area (TPSA) is 35.5 Å². The third kappa shape index (κ3) is 1.99. The molecule has 1 atom stereocenters. The largest absolute Gasteiger partial charge is 0.486 e. The standard InChI is InChI=1S/C14H16O3S/c1-14(5-2-8-18-14)13(15)10-3-4-11-12(9-10)17-7-6-16-11/h3-4,9H,2,5-8H2,1H3. The number of fused-ring (bicyclic) bond motifs is 1. The summed E-state index contributed by atoms with van der Waals surface area (Å²) in [6.45, 7) is 3.17. The molecule has 0 spiro atoms. The van der Waals surface area contributed by atoms with Crippen molar-refractivity contribution in [3.8, 4) is 11.5 Å². The first-order chi connectivity index (χ1) is 8.69. The van der Waals surface area contributed by atoms with Gasteiger partial charge in [0.2, 0.25) is 0 Å². The van der Waals surface area contributed by atoms with Crippen LogP contribution in [0.4, 0.5) is 0 Å². The number of hydrogen-bond donors (Lipinski definition) is 0. The Bertz CT molecular complexity index is 478. The van der Waals surface area contributed by atoms with Gasteiger partial charge in [-0.3, -0.25) is 4.79 Å². The van der Waals surface area contributed by atoms with Gasteiger partial charge in [-0.1, -0.05) is 0 Å². The summed E-state index contributed by atoms with van der Waals surface area (Å²) in [4.78, 5) is 12.5. The van der Waals surface area contributed by atoms with Crippen LogP contribution < -0.4 is 9.47 Å². The average Bonchev–Trinajstić information content (AvgIpc) is 2.85. The minimum absolute atomic E-state index is 0.210. The highest BCUT2D eigenvalue weighted by Gasteiger charge is 2.37. The maximum atomic E-state index is 12.5. The molecule has 0 bridgehead atoms. The van der Waals surface area contributed by atoms with E-state index in [1.165, 1.54) is 0 Å². The van der Waals surface area contributed by atoms with Crippen LogP contribution in [0.3, 0.4) is 0 Å². The molecule has 0 radical (unpaired) electrons. The van der Waals surface area contributed by atoms with E-state index in [0.717, 1.165) is 29.9 Å². The summed E-state index contributed by atoms with van der Waals surface area (Å²) in [5.74, 6) is 2.72. The van der Waals surface area contributed by atoms with Gasteiger partial charge in [-0.2, -0.15) is 0 Å². The van der Waals surface area contributed by atoms with Gasteiger partial charge in [0.25, 0.3) is 0 Å². The second-order valence-electron chi connectivity index (χ2n) is 4.87. The molecule has 1 aromatic carbocycles. The zero-order chi connectivity index (χ0) is 12.6. The van der Waals surface area contributed by atoms with Gasteiger partial charge in [0.1, 0.15) is 13.2 Å². The normalized spacial score (nSPS) is 26.1. The zero-order valence-corrected chi connectivity index (χ0v) is 11.2. The second-order valence-corrected chi connectivity index (χ2v) is 6.47. The number of ketones is 1. The summed E-state index contributed by atoms with van der Waals surface area (Å²) < 4.78 is 10.7. The van der Waals surface area contributed by atoms with E-state index in [2.05, 4.69) is 0 Å². The molecule has 96 valence electrons. The van der Waals surface area contributed by atoms with Crippen LogP contribution in [0.25, 0.3) is 0 Å². The minimum atomic E-state index is -0.260. The first-order valence-corrected chi connectivity index (χ1v) is 7.26. The van der Waals surface area contributed by atoms with Gasteiger partial charge in [0.05, 0.1) is 4.75 Å². The quantitative estimate of drug-likeness (QED) is 0.769. The Morgan fingerprint density at radius 1 is 1.28 bits per heavy atom. The number of benzene rings is 1. The SMILES string of the molecule is CC1(C(=O)c2ccc3c(c2)OCCO3)CCCS1. The van der Waals surface area contributed by atoms with Crippen molar-refractivity contribution in [2.24, 2.45) is 0 Å². The van der Waals surface area contributed by atoms with Crippen LogP contribution in [0.15, 0.2) is 18.2 Å². The third-order valence-corrected chi connectivity index (χ3v) is 5.02. The Morgan fingerprint density at radius 3 is 2.78 bits per heavy atom. The molecule has 3 rings (SSSR count). The second kappa shape index (κ2) is 4.50. The fraction of sp³-hybridized carbons (Fsp3) is 0.500. The number of carbonyl (C=O) groups excluding carboxylic acids is 1. The van der Waals surface area contributed by atoms with Crippen LogP contribution in [-0.4, -0.2) is 29.5 Å². The van der Waals surface area contributed by atoms with Crippen molar-refractivity contribution < 1.29 is 14.3 Å². The molecular formula is C14H16O3S. The summed E-state index contributed by atoms with van der Waals surface area (Å²) in [7, 11) is 0. The predicted octanol–water partition coefficient (Wildman–Crippen LogP) is 2.93. The maximum Gasteiger partial charge on any atom is 0.178 e. The Morgan fingerprint density at radius 2 is 2.06 bits per heavy atom. The van der Waals surface area contributed by atoms with Crippen LogP contribution in [0.5, 0.6) is 11.5 Å². The van der Waals surface area contributed by atoms with Gasteiger partial charge in [-0.05, 0) is 43.7 Å². The molecule has 0 amide bonds. The van der Waals surface area contributed by atoms with Gasteiger partial charge < -0.3 is 9.47 Å². The highest BCUT2D eigenvalue weighted by molar-refractivity contribution is 8.01. The molecule has 1 unspecified atom stereocenters. The number of rotatable bonds is 2. The van der Waals surface area contributed by atoms with Gasteiger partial charge >= 0.3 is 0 Å². The first-order valence-electron chi connectivity index (χ1n) is 6.27. The van der Waals surface area contributed by atoms with E-state index in [1.54, 1.807) is 11.8 Å². The lowest BCUT2D eigenvalue weighted by molar-refractivity contribution is 0.0948. The van der Waals surface area contributed by atoms with E-state index in [1.807, 2.05) is 25.1 Å². The highest BCUT2D eigenvalue weighted by Crippen LogP contribution is 2.41. The Balaban J connectivity index is 1.90. The number of thioether (sulfide) groups is 1. The van der Waals surface area contributed by atoms with Gasteiger partial charge in [0.15, 0.2) is 17.3 Å². The number of hydrogen-bond acceptors (Lipinski definition) is 4. The first kappa shape index (κ1) is 11.9. The summed E-state index contributed by atoms with van der Waals surface area (Å²) in [6.07, 6.45) is 2.09. The van der Waals surface area contributed by atoms with Crippen LogP contribution >= 0.6 is 11.8 Å².